The van der Waals surface area contributed by atoms with Crippen molar-refractivity contribution in [2.24, 2.45) is 0 Å². The Kier molecular flexibility index (Phi) is 3.71. The highest BCUT2D eigenvalue weighted by Gasteiger charge is 2.25. The standard InChI is InChI=1S/C9H6ClF3O2/c1-15-8(9(10)14)4-2-3-5(11)7(13)6(4)12/h2-3,8H,1H3. The summed E-state index contributed by atoms with van der Waals surface area (Å²) in [5.41, 5.74) is -0.434. The molecule has 0 aliphatic rings. The Bertz CT molecular complexity index is 395. The lowest BCUT2D eigenvalue weighted by Crippen LogP contribution is -2.12. The molecule has 0 aliphatic carbocycles. The summed E-state index contributed by atoms with van der Waals surface area (Å²) in [7, 11) is 1.10. The molecule has 0 heterocycles. The second kappa shape index (κ2) is 4.63. The molecule has 6 heteroatoms. The van der Waals surface area contributed by atoms with Gasteiger partial charge in [0.2, 0.25) is 0 Å². The lowest BCUT2D eigenvalue weighted by atomic mass is 10.1. The molecule has 2 nitrogen and oxygen atoms in total. The maximum atomic E-state index is 13.2. The van der Waals surface area contributed by atoms with Gasteiger partial charge < -0.3 is 4.74 Å². The summed E-state index contributed by atoms with van der Waals surface area (Å²) in [5.74, 6) is -4.48. The Labute approximate surface area is 88.6 Å². The molecule has 0 saturated carbocycles. The summed E-state index contributed by atoms with van der Waals surface area (Å²) in [5, 5.41) is -1.01. The molecule has 1 rings (SSSR count). The number of ether oxygens (including phenoxy) is 1. The van der Waals surface area contributed by atoms with E-state index < -0.39 is 34.4 Å². The van der Waals surface area contributed by atoms with Gasteiger partial charge in [0.05, 0.1) is 0 Å². The maximum absolute atomic E-state index is 13.2. The van der Waals surface area contributed by atoms with Crippen molar-refractivity contribution >= 4 is 16.8 Å². The van der Waals surface area contributed by atoms with E-state index in [4.69, 9.17) is 11.6 Å². The van der Waals surface area contributed by atoms with Crippen molar-refractivity contribution in [3.8, 4) is 0 Å². The molecule has 1 unspecified atom stereocenters. The van der Waals surface area contributed by atoms with Crippen molar-refractivity contribution in [2.45, 2.75) is 6.10 Å². The Morgan fingerprint density at radius 2 is 1.93 bits per heavy atom. The van der Waals surface area contributed by atoms with Gasteiger partial charge in [-0.15, -0.1) is 0 Å². The summed E-state index contributed by atoms with van der Waals surface area (Å²) in [4.78, 5) is 10.8. The van der Waals surface area contributed by atoms with Crippen molar-refractivity contribution in [1.29, 1.82) is 0 Å². The molecule has 0 aromatic heterocycles. The molecular formula is C9H6ClF3O2. The predicted molar refractivity (Wildman–Crippen MR) is 46.9 cm³/mol. The van der Waals surface area contributed by atoms with Gasteiger partial charge in [0.1, 0.15) is 0 Å². The molecular weight excluding hydrogens is 233 g/mol. The molecule has 0 radical (unpaired) electrons. The summed E-state index contributed by atoms with van der Waals surface area (Å²) in [6.07, 6.45) is -1.44. The minimum Gasteiger partial charge on any atom is -0.367 e. The number of hydrogen-bond donors (Lipinski definition) is 0. The number of halogens is 4. The second-order valence-corrected chi connectivity index (χ2v) is 3.06. The zero-order valence-corrected chi connectivity index (χ0v) is 8.32. The third-order valence-corrected chi connectivity index (χ3v) is 1.99. The number of carbonyl (C=O) groups is 1. The van der Waals surface area contributed by atoms with Gasteiger partial charge in [-0.3, -0.25) is 4.79 Å². The number of carbonyl (C=O) groups excluding carboxylic acids is 1. The molecule has 82 valence electrons. The lowest BCUT2D eigenvalue weighted by Gasteiger charge is -2.12. The molecule has 0 spiro atoms. The van der Waals surface area contributed by atoms with Crippen LogP contribution < -0.4 is 0 Å². The number of rotatable bonds is 3. The van der Waals surface area contributed by atoms with Crippen LogP contribution in [0.5, 0.6) is 0 Å². The fourth-order valence-electron chi connectivity index (χ4n) is 1.09. The van der Waals surface area contributed by atoms with Crippen molar-refractivity contribution in [3.05, 3.63) is 35.1 Å². The van der Waals surface area contributed by atoms with E-state index in [2.05, 4.69) is 4.74 Å². The first kappa shape index (κ1) is 12.0. The summed E-state index contributed by atoms with van der Waals surface area (Å²) in [6, 6.07) is 1.60. The van der Waals surface area contributed by atoms with Crippen LogP contribution in [-0.2, 0) is 9.53 Å². The highest BCUT2D eigenvalue weighted by atomic mass is 35.5. The third kappa shape index (κ3) is 2.30. The van der Waals surface area contributed by atoms with Crippen LogP contribution in [0.1, 0.15) is 11.7 Å². The zero-order valence-electron chi connectivity index (χ0n) is 7.56. The molecule has 0 saturated heterocycles. The average molecular weight is 239 g/mol. The molecule has 0 N–H and O–H groups in total. The number of hydrogen-bond acceptors (Lipinski definition) is 2. The van der Waals surface area contributed by atoms with E-state index >= 15 is 0 Å². The summed E-state index contributed by atoms with van der Waals surface area (Å²) in [6.45, 7) is 0. The van der Waals surface area contributed by atoms with E-state index in [-0.39, 0.29) is 0 Å². The largest absolute Gasteiger partial charge is 0.367 e. The topological polar surface area (TPSA) is 26.3 Å². The fourth-order valence-corrected chi connectivity index (χ4v) is 1.29. The van der Waals surface area contributed by atoms with E-state index in [0.29, 0.717) is 6.07 Å². The fraction of sp³-hybridized carbons (Fsp3) is 0.222. The molecule has 1 atom stereocenters. The van der Waals surface area contributed by atoms with Gasteiger partial charge in [-0.05, 0) is 23.7 Å². The van der Waals surface area contributed by atoms with Crippen molar-refractivity contribution in [3.63, 3.8) is 0 Å². The van der Waals surface area contributed by atoms with E-state index in [0.717, 1.165) is 13.2 Å². The van der Waals surface area contributed by atoms with Gasteiger partial charge in [-0.2, -0.15) is 0 Å². The Balaban J connectivity index is 3.25. The number of methoxy groups -OCH3 is 1. The van der Waals surface area contributed by atoms with Crippen LogP contribution in [0.2, 0.25) is 0 Å². The lowest BCUT2D eigenvalue weighted by molar-refractivity contribution is -0.121. The Hall–Kier alpha value is -1.07. The Morgan fingerprint density at radius 1 is 1.33 bits per heavy atom. The van der Waals surface area contributed by atoms with Gasteiger partial charge in [0, 0.05) is 12.7 Å². The maximum Gasteiger partial charge on any atom is 0.255 e. The minimum atomic E-state index is -1.66. The second-order valence-electron chi connectivity index (χ2n) is 2.68. The van der Waals surface area contributed by atoms with Crippen LogP contribution in [0.25, 0.3) is 0 Å². The SMILES string of the molecule is COC(C(=O)Cl)c1ccc(F)c(F)c1F. The normalized spacial score (nSPS) is 12.6. The molecule has 0 fully saturated rings. The molecule has 0 amide bonds. The Morgan fingerprint density at radius 3 is 2.40 bits per heavy atom. The predicted octanol–water partition coefficient (Wildman–Crippen LogP) is 2.56. The quantitative estimate of drug-likeness (QED) is 0.598. The van der Waals surface area contributed by atoms with Crippen LogP contribution in [0.4, 0.5) is 13.2 Å². The van der Waals surface area contributed by atoms with Crippen LogP contribution in [0.3, 0.4) is 0 Å². The van der Waals surface area contributed by atoms with E-state index in [1.807, 2.05) is 0 Å². The third-order valence-electron chi connectivity index (χ3n) is 1.79. The molecule has 1 aromatic rings. The van der Waals surface area contributed by atoms with Crippen molar-refractivity contribution in [2.75, 3.05) is 7.11 Å². The van der Waals surface area contributed by atoms with E-state index in [9.17, 15) is 18.0 Å². The summed E-state index contributed by atoms with van der Waals surface area (Å²) < 4.78 is 43.1. The monoisotopic (exact) mass is 238 g/mol. The van der Waals surface area contributed by atoms with E-state index in [1.54, 1.807) is 0 Å². The van der Waals surface area contributed by atoms with Gasteiger partial charge in [0.15, 0.2) is 23.6 Å². The summed E-state index contributed by atoms with van der Waals surface area (Å²) >= 11 is 5.10. The average Bonchev–Trinajstić information content (AvgIpc) is 2.18. The first-order valence-corrected chi connectivity index (χ1v) is 4.22. The molecule has 15 heavy (non-hydrogen) atoms. The van der Waals surface area contributed by atoms with Crippen molar-refractivity contribution in [1.82, 2.24) is 0 Å². The van der Waals surface area contributed by atoms with Crippen LogP contribution in [0.15, 0.2) is 12.1 Å². The van der Waals surface area contributed by atoms with Crippen LogP contribution >= 0.6 is 11.6 Å². The zero-order chi connectivity index (χ0) is 11.6. The smallest absolute Gasteiger partial charge is 0.255 e. The van der Waals surface area contributed by atoms with Gasteiger partial charge in [-0.1, -0.05) is 0 Å². The highest BCUT2D eigenvalue weighted by Crippen LogP contribution is 2.25. The first-order chi connectivity index (χ1) is 6.99. The molecule has 0 bridgehead atoms. The van der Waals surface area contributed by atoms with Crippen LogP contribution in [0, 0.1) is 17.5 Å². The van der Waals surface area contributed by atoms with Crippen molar-refractivity contribution < 1.29 is 22.7 Å². The first-order valence-electron chi connectivity index (χ1n) is 3.84. The van der Waals surface area contributed by atoms with Crippen LogP contribution in [-0.4, -0.2) is 12.4 Å². The number of benzene rings is 1. The van der Waals surface area contributed by atoms with E-state index in [1.165, 1.54) is 0 Å². The highest BCUT2D eigenvalue weighted by molar-refractivity contribution is 6.64. The van der Waals surface area contributed by atoms with Gasteiger partial charge in [-0.25, -0.2) is 13.2 Å². The molecule has 1 aromatic carbocycles. The van der Waals surface area contributed by atoms with Gasteiger partial charge >= 0.3 is 0 Å². The molecule has 0 aliphatic heterocycles. The minimum absolute atomic E-state index is 0.434. The van der Waals surface area contributed by atoms with Gasteiger partial charge in [0.25, 0.3) is 5.24 Å².